The molecule has 0 aliphatic heterocycles. The first kappa shape index (κ1) is 16.5. The number of benzene rings is 1. The molecule has 1 unspecified atom stereocenters. The second-order valence-corrected chi connectivity index (χ2v) is 7.00. The van der Waals surface area contributed by atoms with Crippen LogP contribution in [0, 0.1) is 11.7 Å². The van der Waals surface area contributed by atoms with Crippen LogP contribution in [-0.4, -0.2) is 25.1 Å². The molecule has 0 spiro atoms. The fraction of sp³-hybridized carbons (Fsp3) is 0.118. The predicted molar refractivity (Wildman–Crippen MR) is 88.5 cm³/mol. The van der Waals surface area contributed by atoms with Crippen LogP contribution in [0.4, 0.5) is 4.39 Å². The number of aromatic nitrogens is 1. The van der Waals surface area contributed by atoms with Gasteiger partial charge in [-0.3, -0.25) is 4.98 Å². The topological polar surface area (TPSA) is 93.3 Å². The standard InChI is InChI=1S/C17H15FN2O3S/c18-13-3-6-17(20-9-13)16-8-11(10-21)7-15(16)12-1-4-14(5-2-12)24(19,22)23/h1-9,11,21H,10H2,(H2,19,22,23). The third-order valence-corrected chi connectivity index (χ3v) is 4.69. The SMILES string of the molecule is NS(=O)(=O)c1ccc(C2=CC(CO)C=C2c2ccc(F)cn2)cc1. The molecule has 1 aromatic heterocycles. The van der Waals surface area contributed by atoms with Crippen LogP contribution in [-0.2, 0) is 10.0 Å². The van der Waals surface area contributed by atoms with Gasteiger partial charge in [-0.15, -0.1) is 0 Å². The fourth-order valence-electron chi connectivity index (χ4n) is 2.60. The number of hydrogen-bond donors (Lipinski definition) is 2. The zero-order valence-electron chi connectivity index (χ0n) is 12.6. The molecule has 1 atom stereocenters. The molecule has 0 fully saturated rings. The Kier molecular flexibility index (Phi) is 4.31. The van der Waals surface area contributed by atoms with E-state index < -0.39 is 15.8 Å². The van der Waals surface area contributed by atoms with Crippen molar-refractivity contribution in [3.63, 3.8) is 0 Å². The number of rotatable bonds is 4. The van der Waals surface area contributed by atoms with E-state index in [1.54, 1.807) is 18.2 Å². The van der Waals surface area contributed by atoms with Crippen LogP contribution in [0.5, 0.6) is 0 Å². The lowest BCUT2D eigenvalue weighted by molar-refractivity contribution is 0.275. The normalized spacial score (nSPS) is 17.5. The van der Waals surface area contributed by atoms with Crippen LogP contribution in [0.25, 0.3) is 11.1 Å². The Morgan fingerprint density at radius 3 is 2.29 bits per heavy atom. The van der Waals surface area contributed by atoms with Gasteiger partial charge in [0.25, 0.3) is 0 Å². The Morgan fingerprint density at radius 1 is 1.08 bits per heavy atom. The van der Waals surface area contributed by atoms with Gasteiger partial charge in [0.15, 0.2) is 0 Å². The minimum absolute atomic E-state index is 0.0222. The van der Waals surface area contributed by atoms with Crippen LogP contribution < -0.4 is 5.14 Å². The Bertz CT molecular complexity index is 917. The Balaban J connectivity index is 2.01. The summed E-state index contributed by atoms with van der Waals surface area (Å²) in [5.74, 6) is -0.612. The molecule has 0 radical (unpaired) electrons. The van der Waals surface area contributed by atoms with E-state index in [-0.39, 0.29) is 17.4 Å². The molecular weight excluding hydrogens is 331 g/mol. The molecule has 0 saturated heterocycles. The van der Waals surface area contributed by atoms with E-state index in [2.05, 4.69) is 4.98 Å². The van der Waals surface area contributed by atoms with Crippen LogP contribution in [0.3, 0.4) is 0 Å². The van der Waals surface area contributed by atoms with Gasteiger partial charge in [-0.1, -0.05) is 24.3 Å². The first-order chi connectivity index (χ1) is 11.4. The van der Waals surface area contributed by atoms with Gasteiger partial charge in [-0.25, -0.2) is 17.9 Å². The Hall–Kier alpha value is -2.35. The first-order valence-corrected chi connectivity index (χ1v) is 8.73. The van der Waals surface area contributed by atoms with Crippen LogP contribution in [0.2, 0.25) is 0 Å². The predicted octanol–water partition coefficient (Wildman–Crippen LogP) is 1.96. The van der Waals surface area contributed by atoms with Crippen molar-refractivity contribution in [3.8, 4) is 0 Å². The molecule has 3 N–H and O–H groups in total. The zero-order chi connectivity index (χ0) is 17.3. The summed E-state index contributed by atoms with van der Waals surface area (Å²) in [5.41, 5.74) is 2.90. The molecular formula is C17H15FN2O3S. The van der Waals surface area contributed by atoms with E-state index in [1.165, 1.54) is 18.2 Å². The summed E-state index contributed by atoms with van der Waals surface area (Å²) in [6, 6.07) is 9.01. The molecule has 1 aromatic carbocycles. The lowest BCUT2D eigenvalue weighted by Crippen LogP contribution is -2.11. The van der Waals surface area contributed by atoms with Gasteiger partial charge < -0.3 is 5.11 Å². The molecule has 0 saturated carbocycles. The van der Waals surface area contributed by atoms with Gasteiger partial charge in [-0.05, 0) is 35.4 Å². The number of aliphatic hydroxyl groups excluding tert-OH is 1. The smallest absolute Gasteiger partial charge is 0.238 e. The van der Waals surface area contributed by atoms with Crippen molar-refractivity contribution in [1.29, 1.82) is 0 Å². The van der Waals surface area contributed by atoms with Crippen molar-refractivity contribution in [2.24, 2.45) is 11.1 Å². The number of nitrogens with zero attached hydrogens (tertiary/aromatic N) is 1. The number of halogens is 1. The van der Waals surface area contributed by atoms with Gasteiger partial charge in [0.2, 0.25) is 10.0 Å². The van der Waals surface area contributed by atoms with E-state index in [1.807, 2.05) is 12.2 Å². The summed E-state index contributed by atoms with van der Waals surface area (Å²) in [6.45, 7) is -0.0660. The van der Waals surface area contributed by atoms with Crippen LogP contribution in [0.1, 0.15) is 11.3 Å². The third-order valence-electron chi connectivity index (χ3n) is 3.76. The Morgan fingerprint density at radius 2 is 1.75 bits per heavy atom. The molecule has 5 nitrogen and oxygen atoms in total. The zero-order valence-corrected chi connectivity index (χ0v) is 13.4. The summed E-state index contributed by atoms with van der Waals surface area (Å²) >= 11 is 0. The summed E-state index contributed by atoms with van der Waals surface area (Å²) < 4.78 is 35.8. The lowest BCUT2D eigenvalue weighted by atomic mass is 9.98. The van der Waals surface area contributed by atoms with Crippen molar-refractivity contribution in [2.45, 2.75) is 4.90 Å². The van der Waals surface area contributed by atoms with Crippen molar-refractivity contribution >= 4 is 21.2 Å². The first-order valence-electron chi connectivity index (χ1n) is 7.18. The van der Waals surface area contributed by atoms with E-state index in [4.69, 9.17) is 5.14 Å². The number of sulfonamides is 1. The largest absolute Gasteiger partial charge is 0.395 e. The molecule has 2 aromatic rings. The molecule has 1 aliphatic rings. The maximum atomic E-state index is 13.1. The number of pyridine rings is 1. The Labute approximate surface area is 139 Å². The highest BCUT2D eigenvalue weighted by atomic mass is 32.2. The number of primary sulfonamides is 1. The van der Waals surface area contributed by atoms with Crippen LogP contribution in [0.15, 0.2) is 59.6 Å². The van der Waals surface area contributed by atoms with E-state index in [0.29, 0.717) is 5.69 Å². The maximum absolute atomic E-state index is 13.1. The summed E-state index contributed by atoms with van der Waals surface area (Å²) in [5, 5.41) is 14.5. The molecule has 24 heavy (non-hydrogen) atoms. The molecule has 124 valence electrons. The number of hydrogen-bond acceptors (Lipinski definition) is 4. The fourth-order valence-corrected chi connectivity index (χ4v) is 3.11. The minimum atomic E-state index is -3.76. The molecule has 0 bridgehead atoms. The van der Waals surface area contributed by atoms with Gasteiger partial charge in [-0.2, -0.15) is 0 Å². The number of allylic oxidation sites excluding steroid dienone is 2. The summed E-state index contributed by atoms with van der Waals surface area (Å²) in [6.07, 6.45) is 4.85. The second-order valence-electron chi connectivity index (χ2n) is 5.44. The maximum Gasteiger partial charge on any atom is 0.238 e. The number of nitrogens with two attached hydrogens (primary N) is 1. The molecule has 0 amide bonds. The summed E-state index contributed by atoms with van der Waals surface area (Å²) in [7, 11) is -3.76. The highest BCUT2D eigenvalue weighted by Gasteiger charge is 2.21. The van der Waals surface area contributed by atoms with Crippen molar-refractivity contribution < 1.29 is 17.9 Å². The van der Waals surface area contributed by atoms with Gasteiger partial charge in [0.1, 0.15) is 5.82 Å². The van der Waals surface area contributed by atoms with Gasteiger partial charge in [0, 0.05) is 11.5 Å². The van der Waals surface area contributed by atoms with Crippen molar-refractivity contribution in [2.75, 3.05) is 6.61 Å². The second kappa shape index (κ2) is 6.27. The summed E-state index contributed by atoms with van der Waals surface area (Å²) in [4.78, 5) is 4.10. The number of aliphatic hydroxyl groups is 1. The van der Waals surface area contributed by atoms with Crippen molar-refractivity contribution in [3.05, 3.63) is 71.8 Å². The average Bonchev–Trinajstić information content (AvgIpc) is 2.99. The average molecular weight is 346 g/mol. The minimum Gasteiger partial charge on any atom is -0.395 e. The van der Waals surface area contributed by atoms with E-state index >= 15 is 0 Å². The quantitative estimate of drug-likeness (QED) is 0.885. The monoisotopic (exact) mass is 346 g/mol. The van der Waals surface area contributed by atoms with Crippen molar-refractivity contribution in [1.82, 2.24) is 4.98 Å². The van der Waals surface area contributed by atoms with E-state index in [0.717, 1.165) is 22.9 Å². The van der Waals surface area contributed by atoms with Crippen LogP contribution >= 0.6 is 0 Å². The van der Waals surface area contributed by atoms with Gasteiger partial charge >= 0.3 is 0 Å². The molecule has 1 aliphatic carbocycles. The molecule has 1 heterocycles. The highest BCUT2D eigenvalue weighted by Crippen LogP contribution is 2.37. The van der Waals surface area contributed by atoms with Gasteiger partial charge in [0.05, 0.1) is 23.4 Å². The lowest BCUT2D eigenvalue weighted by Gasteiger charge is -2.09. The molecule has 3 rings (SSSR count). The molecule has 7 heteroatoms. The highest BCUT2D eigenvalue weighted by molar-refractivity contribution is 7.89. The van der Waals surface area contributed by atoms with E-state index in [9.17, 15) is 17.9 Å². The third kappa shape index (κ3) is 3.28.